The molecule has 18 heavy (non-hydrogen) atoms. The summed E-state index contributed by atoms with van der Waals surface area (Å²) in [4.78, 5) is 22.7. The number of likely N-dealkylation sites (N-methyl/N-ethyl adjacent to an activating group) is 1. The van der Waals surface area contributed by atoms with Crippen molar-refractivity contribution in [1.82, 2.24) is 4.90 Å². The highest BCUT2D eigenvalue weighted by molar-refractivity contribution is 9.10. The fraction of sp³-hybridized carbons (Fsp3) is 0.200. The lowest BCUT2D eigenvalue weighted by Gasteiger charge is -2.16. The number of urea groups is 1. The fourth-order valence-electron chi connectivity index (χ4n) is 1.14. The summed E-state index contributed by atoms with van der Waals surface area (Å²) in [6, 6.07) is 0.775. The van der Waals surface area contributed by atoms with Crippen LogP contribution in [0.25, 0.3) is 0 Å². The Hall–Kier alpha value is -1.70. The summed E-state index contributed by atoms with van der Waals surface area (Å²) >= 11 is 2.90. The van der Waals surface area contributed by atoms with Crippen LogP contribution < -0.4 is 5.32 Å². The Balaban J connectivity index is 2.85. The molecule has 0 aromatic heterocycles. The summed E-state index contributed by atoms with van der Waals surface area (Å²) < 4.78 is 26.2. The SMILES string of the molecule is CN(CC(=O)O)C(=O)Nc1c(F)cc(F)cc1Br. The van der Waals surface area contributed by atoms with Crippen LogP contribution in [0.4, 0.5) is 19.3 Å². The highest BCUT2D eigenvalue weighted by atomic mass is 79.9. The van der Waals surface area contributed by atoms with Gasteiger partial charge in [0.25, 0.3) is 0 Å². The molecule has 0 saturated carbocycles. The summed E-state index contributed by atoms with van der Waals surface area (Å²) in [5.74, 6) is -2.96. The molecule has 0 unspecified atom stereocenters. The monoisotopic (exact) mass is 322 g/mol. The number of aliphatic carboxylic acids is 1. The third-order valence-electron chi connectivity index (χ3n) is 1.96. The Labute approximate surface area is 110 Å². The van der Waals surface area contributed by atoms with Crippen molar-refractivity contribution < 1.29 is 23.5 Å². The number of hydrogen-bond acceptors (Lipinski definition) is 2. The van der Waals surface area contributed by atoms with Crippen molar-refractivity contribution in [3.63, 3.8) is 0 Å². The number of rotatable bonds is 3. The topological polar surface area (TPSA) is 69.6 Å². The van der Waals surface area contributed by atoms with Crippen LogP contribution >= 0.6 is 15.9 Å². The van der Waals surface area contributed by atoms with E-state index in [2.05, 4.69) is 21.2 Å². The first-order chi connectivity index (χ1) is 8.31. The molecule has 0 aliphatic rings. The third kappa shape index (κ3) is 3.66. The van der Waals surface area contributed by atoms with Crippen molar-refractivity contribution in [3.8, 4) is 0 Å². The van der Waals surface area contributed by atoms with Gasteiger partial charge in [-0.2, -0.15) is 0 Å². The van der Waals surface area contributed by atoms with Crippen molar-refractivity contribution in [2.24, 2.45) is 0 Å². The summed E-state index contributed by atoms with van der Waals surface area (Å²) in [5, 5.41) is 10.6. The van der Waals surface area contributed by atoms with Crippen LogP contribution in [0.2, 0.25) is 0 Å². The Bertz CT molecular complexity index is 473. The molecule has 0 spiro atoms. The maximum Gasteiger partial charge on any atom is 0.323 e. The van der Waals surface area contributed by atoms with E-state index in [1.165, 1.54) is 7.05 Å². The quantitative estimate of drug-likeness (QED) is 0.897. The average molecular weight is 323 g/mol. The molecule has 0 bridgehead atoms. The number of nitrogens with one attached hydrogen (secondary N) is 1. The molecular formula is C10H9BrF2N2O3. The molecule has 0 radical (unpaired) electrons. The Morgan fingerprint density at radius 2 is 2.06 bits per heavy atom. The fourth-order valence-corrected chi connectivity index (χ4v) is 1.65. The highest BCUT2D eigenvalue weighted by Crippen LogP contribution is 2.26. The van der Waals surface area contributed by atoms with Gasteiger partial charge in [0.1, 0.15) is 12.4 Å². The van der Waals surface area contributed by atoms with Crippen LogP contribution in [-0.2, 0) is 4.79 Å². The number of anilines is 1. The molecule has 2 amide bonds. The van der Waals surface area contributed by atoms with Crippen LogP contribution in [-0.4, -0.2) is 35.6 Å². The van der Waals surface area contributed by atoms with E-state index in [1.807, 2.05) is 0 Å². The van der Waals surface area contributed by atoms with Crippen LogP contribution in [0, 0.1) is 11.6 Å². The molecule has 0 fully saturated rings. The van der Waals surface area contributed by atoms with Crippen LogP contribution in [0.15, 0.2) is 16.6 Å². The van der Waals surface area contributed by atoms with Gasteiger partial charge in [0.05, 0.1) is 5.69 Å². The predicted octanol–water partition coefficient (Wildman–Crippen LogP) is 2.28. The number of hydrogen-bond donors (Lipinski definition) is 2. The zero-order valence-electron chi connectivity index (χ0n) is 9.21. The Morgan fingerprint density at radius 3 is 2.56 bits per heavy atom. The number of amides is 2. The summed E-state index contributed by atoms with van der Waals surface area (Å²) in [7, 11) is 1.23. The van der Waals surface area contributed by atoms with Crippen molar-refractivity contribution in [2.45, 2.75) is 0 Å². The van der Waals surface area contributed by atoms with Crippen molar-refractivity contribution in [3.05, 3.63) is 28.2 Å². The van der Waals surface area contributed by atoms with E-state index < -0.39 is 30.2 Å². The van der Waals surface area contributed by atoms with Gasteiger partial charge in [0, 0.05) is 17.6 Å². The van der Waals surface area contributed by atoms with Gasteiger partial charge in [-0.25, -0.2) is 13.6 Å². The molecular weight excluding hydrogens is 314 g/mol. The molecule has 0 aliphatic heterocycles. The summed E-state index contributed by atoms with van der Waals surface area (Å²) in [5.41, 5.74) is -0.251. The molecule has 1 aromatic carbocycles. The minimum Gasteiger partial charge on any atom is -0.480 e. The second kappa shape index (κ2) is 5.76. The largest absolute Gasteiger partial charge is 0.480 e. The van der Waals surface area contributed by atoms with E-state index in [0.717, 1.165) is 11.0 Å². The lowest BCUT2D eigenvalue weighted by Crippen LogP contribution is -2.35. The van der Waals surface area contributed by atoms with Gasteiger partial charge in [0.2, 0.25) is 0 Å². The predicted molar refractivity (Wildman–Crippen MR) is 63.3 cm³/mol. The minimum absolute atomic E-state index is 0.0251. The first kappa shape index (κ1) is 14.4. The first-order valence-corrected chi connectivity index (χ1v) is 5.49. The second-order valence-corrected chi connectivity index (χ2v) is 4.28. The number of nitrogens with zero attached hydrogens (tertiary/aromatic N) is 1. The number of carboxylic acid groups (broad SMARTS) is 1. The van der Waals surface area contributed by atoms with Crippen molar-refractivity contribution in [1.29, 1.82) is 0 Å². The van der Waals surface area contributed by atoms with Gasteiger partial charge in [-0.15, -0.1) is 0 Å². The molecule has 8 heteroatoms. The molecule has 2 N–H and O–H groups in total. The van der Waals surface area contributed by atoms with Crippen LogP contribution in [0.1, 0.15) is 0 Å². The molecule has 98 valence electrons. The van der Waals surface area contributed by atoms with Gasteiger partial charge < -0.3 is 15.3 Å². The molecule has 1 rings (SSSR count). The molecule has 1 aromatic rings. The molecule has 0 atom stereocenters. The number of halogens is 3. The van der Waals surface area contributed by atoms with E-state index in [1.54, 1.807) is 0 Å². The molecule has 5 nitrogen and oxygen atoms in total. The van der Waals surface area contributed by atoms with E-state index in [-0.39, 0.29) is 10.2 Å². The normalized spacial score (nSPS) is 10.0. The zero-order chi connectivity index (χ0) is 13.9. The summed E-state index contributed by atoms with van der Waals surface area (Å²) in [6.07, 6.45) is 0. The second-order valence-electron chi connectivity index (χ2n) is 3.42. The van der Waals surface area contributed by atoms with E-state index in [0.29, 0.717) is 6.07 Å². The lowest BCUT2D eigenvalue weighted by atomic mass is 10.3. The highest BCUT2D eigenvalue weighted by Gasteiger charge is 2.16. The smallest absolute Gasteiger partial charge is 0.323 e. The standard InChI is InChI=1S/C10H9BrF2N2O3/c1-15(4-8(16)17)10(18)14-9-6(11)2-5(12)3-7(9)13/h2-3H,4H2,1H3,(H,14,18)(H,16,17). The zero-order valence-corrected chi connectivity index (χ0v) is 10.8. The van der Waals surface area contributed by atoms with Gasteiger partial charge in [-0.05, 0) is 22.0 Å². The maximum absolute atomic E-state index is 13.4. The lowest BCUT2D eigenvalue weighted by molar-refractivity contribution is -0.137. The van der Waals surface area contributed by atoms with E-state index in [4.69, 9.17) is 5.11 Å². The maximum atomic E-state index is 13.4. The number of carboxylic acids is 1. The third-order valence-corrected chi connectivity index (χ3v) is 2.58. The van der Waals surface area contributed by atoms with Gasteiger partial charge in [-0.1, -0.05) is 0 Å². The Kier molecular flexibility index (Phi) is 4.60. The molecule has 0 saturated heterocycles. The Morgan fingerprint density at radius 1 is 1.44 bits per heavy atom. The summed E-state index contributed by atoms with van der Waals surface area (Å²) in [6.45, 7) is -0.535. The van der Waals surface area contributed by atoms with Crippen molar-refractivity contribution in [2.75, 3.05) is 18.9 Å². The van der Waals surface area contributed by atoms with Gasteiger partial charge in [0.15, 0.2) is 5.82 Å². The van der Waals surface area contributed by atoms with E-state index in [9.17, 15) is 18.4 Å². The number of carbonyl (C=O) groups excluding carboxylic acids is 1. The van der Waals surface area contributed by atoms with Gasteiger partial charge >= 0.3 is 12.0 Å². The number of benzene rings is 1. The number of carbonyl (C=O) groups is 2. The first-order valence-electron chi connectivity index (χ1n) is 4.69. The molecule has 0 aliphatic carbocycles. The minimum atomic E-state index is -1.20. The van der Waals surface area contributed by atoms with Crippen LogP contribution in [0.5, 0.6) is 0 Å². The van der Waals surface area contributed by atoms with Crippen molar-refractivity contribution >= 4 is 33.6 Å². The van der Waals surface area contributed by atoms with E-state index >= 15 is 0 Å². The average Bonchev–Trinajstić information content (AvgIpc) is 2.21. The van der Waals surface area contributed by atoms with Crippen LogP contribution in [0.3, 0.4) is 0 Å². The molecule has 0 heterocycles. The van der Waals surface area contributed by atoms with Gasteiger partial charge in [-0.3, -0.25) is 4.79 Å².